The van der Waals surface area contributed by atoms with Gasteiger partial charge in [-0.15, -0.1) is 0 Å². The summed E-state index contributed by atoms with van der Waals surface area (Å²) in [5.74, 6) is 0.660. The van der Waals surface area contributed by atoms with E-state index in [4.69, 9.17) is 4.74 Å². The van der Waals surface area contributed by atoms with Gasteiger partial charge >= 0.3 is 0 Å². The fourth-order valence-corrected chi connectivity index (χ4v) is 1.20. The van der Waals surface area contributed by atoms with Crippen LogP contribution in [0.4, 0.5) is 0 Å². The van der Waals surface area contributed by atoms with Gasteiger partial charge in [0.1, 0.15) is 12.8 Å². The summed E-state index contributed by atoms with van der Waals surface area (Å²) >= 11 is 0. The molecule has 2 rings (SSSR count). The number of hydrogen-bond acceptors (Lipinski definition) is 3. The first-order chi connectivity index (χ1) is 6.86. The molecule has 0 aliphatic rings. The SMILES string of the molecule is Cc1ccccc1COc1cnoc1. The number of ether oxygens (including phenoxy) is 1. The summed E-state index contributed by atoms with van der Waals surface area (Å²) in [7, 11) is 0. The fraction of sp³-hybridized carbons (Fsp3) is 0.182. The minimum Gasteiger partial charge on any atom is -0.484 e. The Morgan fingerprint density at radius 2 is 2.21 bits per heavy atom. The summed E-state index contributed by atoms with van der Waals surface area (Å²) in [5, 5.41) is 3.56. The molecule has 14 heavy (non-hydrogen) atoms. The molecule has 0 saturated carbocycles. The maximum absolute atomic E-state index is 5.46. The molecule has 1 aromatic heterocycles. The molecule has 0 aliphatic carbocycles. The van der Waals surface area contributed by atoms with E-state index < -0.39 is 0 Å². The van der Waals surface area contributed by atoms with Gasteiger partial charge in [0, 0.05) is 0 Å². The summed E-state index contributed by atoms with van der Waals surface area (Å²) in [4.78, 5) is 0. The summed E-state index contributed by atoms with van der Waals surface area (Å²) in [6.45, 7) is 2.61. The lowest BCUT2D eigenvalue weighted by molar-refractivity contribution is 0.300. The van der Waals surface area contributed by atoms with Crippen molar-refractivity contribution in [2.24, 2.45) is 0 Å². The molecule has 0 aliphatic heterocycles. The highest BCUT2D eigenvalue weighted by Crippen LogP contribution is 2.13. The zero-order valence-corrected chi connectivity index (χ0v) is 7.93. The van der Waals surface area contributed by atoms with Gasteiger partial charge in [-0.05, 0) is 18.1 Å². The first kappa shape index (κ1) is 8.81. The molecule has 72 valence electrons. The number of aromatic nitrogens is 1. The summed E-state index contributed by atoms with van der Waals surface area (Å²) in [6, 6.07) is 8.12. The Kier molecular flexibility index (Phi) is 2.49. The lowest BCUT2D eigenvalue weighted by atomic mass is 10.1. The van der Waals surface area contributed by atoms with Crippen molar-refractivity contribution >= 4 is 0 Å². The zero-order chi connectivity index (χ0) is 9.80. The molecule has 0 amide bonds. The Hall–Kier alpha value is -1.77. The third-order valence-electron chi connectivity index (χ3n) is 2.07. The highest BCUT2D eigenvalue weighted by atomic mass is 16.5. The monoisotopic (exact) mass is 189 g/mol. The van der Waals surface area contributed by atoms with Crippen molar-refractivity contribution in [2.45, 2.75) is 13.5 Å². The van der Waals surface area contributed by atoms with E-state index >= 15 is 0 Å². The molecule has 0 bridgehead atoms. The molecule has 3 nitrogen and oxygen atoms in total. The predicted molar refractivity (Wildman–Crippen MR) is 52.0 cm³/mol. The van der Waals surface area contributed by atoms with Crippen LogP contribution in [-0.2, 0) is 6.61 Å². The smallest absolute Gasteiger partial charge is 0.179 e. The lowest BCUT2D eigenvalue weighted by Gasteiger charge is -2.05. The Labute approximate surface area is 82.3 Å². The number of aryl methyl sites for hydroxylation is 1. The van der Waals surface area contributed by atoms with Crippen LogP contribution in [0.25, 0.3) is 0 Å². The van der Waals surface area contributed by atoms with Gasteiger partial charge in [0.25, 0.3) is 0 Å². The van der Waals surface area contributed by atoms with Crippen LogP contribution in [-0.4, -0.2) is 5.16 Å². The fourth-order valence-electron chi connectivity index (χ4n) is 1.20. The third kappa shape index (κ3) is 1.93. The van der Waals surface area contributed by atoms with Crippen molar-refractivity contribution in [1.29, 1.82) is 0 Å². The highest BCUT2D eigenvalue weighted by molar-refractivity contribution is 5.25. The molecule has 1 heterocycles. The number of benzene rings is 1. The van der Waals surface area contributed by atoms with Crippen molar-refractivity contribution in [3.05, 3.63) is 47.9 Å². The topological polar surface area (TPSA) is 35.3 Å². The molecule has 3 heteroatoms. The largest absolute Gasteiger partial charge is 0.484 e. The number of rotatable bonds is 3. The molecule has 0 N–H and O–H groups in total. The highest BCUT2D eigenvalue weighted by Gasteiger charge is 1.99. The molecule has 0 spiro atoms. The first-order valence-electron chi connectivity index (χ1n) is 4.43. The Balaban J connectivity index is 2.02. The molecular formula is C11H11NO2. The number of nitrogens with zero attached hydrogens (tertiary/aromatic N) is 1. The summed E-state index contributed by atoms with van der Waals surface area (Å²) in [5.41, 5.74) is 2.40. The zero-order valence-electron chi connectivity index (χ0n) is 7.93. The van der Waals surface area contributed by atoms with Gasteiger partial charge in [-0.25, -0.2) is 0 Å². The van der Waals surface area contributed by atoms with Gasteiger partial charge in [0.2, 0.25) is 0 Å². The Morgan fingerprint density at radius 1 is 1.36 bits per heavy atom. The second-order valence-electron chi connectivity index (χ2n) is 3.08. The Morgan fingerprint density at radius 3 is 2.93 bits per heavy atom. The minimum atomic E-state index is 0.549. The second kappa shape index (κ2) is 3.96. The van der Waals surface area contributed by atoms with Gasteiger partial charge in [-0.1, -0.05) is 29.4 Å². The predicted octanol–water partition coefficient (Wildman–Crippen LogP) is 2.56. The molecule has 1 aromatic carbocycles. The van der Waals surface area contributed by atoms with E-state index in [1.54, 1.807) is 6.20 Å². The van der Waals surface area contributed by atoms with Crippen LogP contribution in [0.3, 0.4) is 0 Å². The lowest BCUT2D eigenvalue weighted by Crippen LogP contribution is -1.96. The summed E-state index contributed by atoms with van der Waals surface area (Å²) < 4.78 is 10.1. The average Bonchev–Trinajstić information content (AvgIpc) is 2.69. The Bertz CT molecular complexity index is 395. The maximum Gasteiger partial charge on any atom is 0.179 e. The van der Waals surface area contributed by atoms with Crippen LogP contribution in [0.5, 0.6) is 5.75 Å². The van der Waals surface area contributed by atoms with Crippen LogP contribution in [0, 0.1) is 6.92 Å². The van der Waals surface area contributed by atoms with Gasteiger partial charge in [0.15, 0.2) is 12.0 Å². The molecule has 0 atom stereocenters. The molecular weight excluding hydrogens is 178 g/mol. The normalized spacial score (nSPS) is 10.1. The van der Waals surface area contributed by atoms with Gasteiger partial charge in [-0.3, -0.25) is 0 Å². The van der Waals surface area contributed by atoms with Crippen LogP contribution in [0.1, 0.15) is 11.1 Å². The van der Waals surface area contributed by atoms with E-state index in [1.165, 1.54) is 17.4 Å². The van der Waals surface area contributed by atoms with E-state index in [2.05, 4.69) is 22.7 Å². The van der Waals surface area contributed by atoms with E-state index in [1.807, 2.05) is 18.2 Å². The maximum atomic E-state index is 5.46. The minimum absolute atomic E-state index is 0.549. The van der Waals surface area contributed by atoms with Crippen LogP contribution in [0.2, 0.25) is 0 Å². The van der Waals surface area contributed by atoms with Crippen molar-refractivity contribution in [3.63, 3.8) is 0 Å². The third-order valence-corrected chi connectivity index (χ3v) is 2.07. The van der Waals surface area contributed by atoms with Crippen molar-refractivity contribution in [3.8, 4) is 5.75 Å². The first-order valence-corrected chi connectivity index (χ1v) is 4.43. The van der Waals surface area contributed by atoms with E-state index in [0.29, 0.717) is 12.4 Å². The molecule has 0 radical (unpaired) electrons. The van der Waals surface area contributed by atoms with Crippen LogP contribution >= 0.6 is 0 Å². The molecule has 0 fully saturated rings. The molecule has 2 aromatic rings. The van der Waals surface area contributed by atoms with Gasteiger partial charge in [0.05, 0.1) is 0 Å². The quantitative estimate of drug-likeness (QED) is 0.744. The average molecular weight is 189 g/mol. The summed E-state index contributed by atoms with van der Waals surface area (Å²) in [6.07, 6.45) is 3.04. The van der Waals surface area contributed by atoms with Crippen molar-refractivity contribution in [1.82, 2.24) is 5.16 Å². The molecule has 0 unspecified atom stereocenters. The van der Waals surface area contributed by atoms with Crippen molar-refractivity contribution < 1.29 is 9.26 Å². The van der Waals surface area contributed by atoms with E-state index in [-0.39, 0.29) is 0 Å². The number of hydrogen-bond donors (Lipinski definition) is 0. The van der Waals surface area contributed by atoms with Crippen molar-refractivity contribution in [2.75, 3.05) is 0 Å². The van der Waals surface area contributed by atoms with Crippen LogP contribution in [0.15, 0.2) is 41.2 Å². The van der Waals surface area contributed by atoms with E-state index in [9.17, 15) is 0 Å². The van der Waals surface area contributed by atoms with Gasteiger partial charge < -0.3 is 9.26 Å². The second-order valence-corrected chi connectivity index (χ2v) is 3.08. The molecule has 0 saturated heterocycles. The van der Waals surface area contributed by atoms with Crippen LogP contribution < -0.4 is 4.74 Å². The van der Waals surface area contributed by atoms with E-state index in [0.717, 1.165) is 0 Å². The van der Waals surface area contributed by atoms with Gasteiger partial charge in [-0.2, -0.15) is 0 Å². The standard InChI is InChI=1S/C11H11NO2/c1-9-4-2-3-5-10(9)7-13-11-6-12-14-8-11/h2-6,8H,7H2,1H3.